The predicted molar refractivity (Wildman–Crippen MR) is 116 cm³/mol. The van der Waals surface area contributed by atoms with Crippen molar-refractivity contribution in [2.24, 2.45) is 7.05 Å². The van der Waals surface area contributed by atoms with Gasteiger partial charge in [-0.2, -0.15) is 0 Å². The van der Waals surface area contributed by atoms with Crippen LogP contribution in [0.15, 0.2) is 41.2 Å². The molecule has 0 spiro atoms. The van der Waals surface area contributed by atoms with E-state index < -0.39 is 0 Å². The second-order valence-electron chi connectivity index (χ2n) is 6.65. The lowest BCUT2D eigenvalue weighted by atomic mass is 10.1. The second kappa shape index (κ2) is 8.36. The van der Waals surface area contributed by atoms with Crippen LogP contribution in [0.2, 0.25) is 0 Å². The summed E-state index contributed by atoms with van der Waals surface area (Å²) in [5.41, 5.74) is 2.68. The van der Waals surface area contributed by atoms with E-state index in [4.69, 9.17) is 4.74 Å². The molecule has 6 nitrogen and oxygen atoms in total. The van der Waals surface area contributed by atoms with Crippen molar-refractivity contribution in [3.8, 4) is 11.5 Å². The fourth-order valence-electron chi connectivity index (χ4n) is 2.96. The average Bonchev–Trinajstić information content (AvgIpc) is 2.94. The summed E-state index contributed by atoms with van der Waals surface area (Å²) in [6, 6.07) is 10.8. The number of nitrogens with one attached hydrogen (secondary N) is 1. The van der Waals surface area contributed by atoms with Gasteiger partial charge in [0.2, 0.25) is 0 Å². The Labute approximate surface area is 172 Å². The molecule has 7 heteroatoms. The van der Waals surface area contributed by atoms with Gasteiger partial charge >= 0.3 is 0 Å². The van der Waals surface area contributed by atoms with Crippen molar-refractivity contribution in [3.63, 3.8) is 0 Å². The third-order valence-corrected chi connectivity index (χ3v) is 5.60. The largest absolute Gasteiger partial charge is 0.507 e. The molecular formula is C22H22N2O4S. The zero-order valence-corrected chi connectivity index (χ0v) is 17.5. The van der Waals surface area contributed by atoms with Crippen molar-refractivity contribution in [1.29, 1.82) is 0 Å². The van der Waals surface area contributed by atoms with E-state index in [1.54, 1.807) is 31.3 Å². The lowest BCUT2D eigenvalue weighted by molar-refractivity contribution is -0.110. The summed E-state index contributed by atoms with van der Waals surface area (Å²) < 4.78 is 7.71. The van der Waals surface area contributed by atoms with Gasteiger partial charge in [0.25, 0.3) is 11.5 Å². The number of aromatic hydroxyl groups is 1. The van der Waals surface area contributed by atoms with Crippen molar-refractivity contribution in [1.82, 2.24) is 4.57 Å². The highest BCUT2D eigenvalue weighted by atomic mass is 32.1. The van der Waals surface area contributed by atoms with E-state index in [9.17, 15) is 14.7 Å². The third kappa shape index (κ3) is 4.41. The maximum atomic E-state index is 12.6. The van der Waals surface area contributed by atoms with Gasteiger partial charge in [-0.25, -0.2) is 0 Å². The van der Waals surface area contributed by atoms with Crippen molar-refractivity contribution in [2.45, 2.75) is 13.8 Å². The molecule has 1 heterocycles. The average molecular weight is 410 g/mol. The van der Waals surface area contributed by atoms with Crippen molar-refractivity contribution in [3.05, 3.63) is 72.6 Å². The van der Waals surface area contributed by atoms with Gasteiger partial charge in [0.1, 0.15) is 16.2 Å². The van der Waals surface area contributed by atoms with Crippen LogP contribution < -0.4 is 24.8 Å². The summed E-state index contributed by atoms with van der Waals surface area (Å²) in [6.07, 6.45) is 3.16. The number of methoxy groups -OCH3 is 1. The Balaban J connectivity index is 1.98. The first-order chi connectivity index (χ1) is 13.8. The third-order valence-electron chi connectivity index (χ3n) is 4.49. The predicted octanol–water partition coefficient (Wildman–Crippen LogP) is 2.03. The Morgan fingerprint density at radius 2 is 1.86 bits per heavy atom. The summed E-state index contributed by atoms with van der Waals surface area (Å²) in [5, 5.41) is 12.7. The van der Waals surface area contributed by atoms with E-state index in [2.05, 4.69) is 5.32 Å². The Morgan fingerprint density at radius 1 is 1.21 bits per heavy atom. The molecule has 0 bridgehead atoms. The molecule has 1 aromatic heterocycles. The van der Waals surface area contributed by atoms with Gasteiger partial charge in [0.15, 0.2) is 0 Å². The maximum absolute atomic E-state index is 12.6. The zero-order valence-electron chi connectivity index (χ0n) is 16.6. The number of thiazole rings is 1. The van der Waals surface area contributed by atoms with Crippen molar-refractivity contribution in [2.75, 3.05) is 12.4 Å². The van der Waals surface area contributed by atoms with Crippen LogP contribution in [0.25, 0.3) is 12.2 Å². The smallest absolute Gasteiger partial charge is 0.268 e. The molecule has 2 N–H and O–H groups in total. The monoisotopic (exact) mass is 410 g/mol. The molecule has 0 aliphatic rings. The van der Waals surface area contributed by atoms with Gasteiger partial charge in [-0.3, -0.25) is 9.59 Å². The van der Waals surface area contributed by atoms with E-state index in [0.717, 1.165) is 16.7 Å². The number of rotatable bonds is 4. The zero-order chi connectivity index (χ0) is 21.1. The lowest BCUT2D eigenvalue weighted by Gasteiger charge is -2.07. The van der Waals surface area contributed by atoms with E-state index in [0.29, 0.717) is 20.6 Å². The van der Waals surface area contributed by atoms with Crippen LogP contribution in [0, 0.1) is 13.8 Å². The number of carbonyl (C=O) groups excluding carboxylic acids is 1. The lowest BCUT2D eigenvalue weighted by Crippen LogP contribution is -2.29. The summed E-state index contributed by atoms with van der Waals surface area (Å²) in [5.74, 6) is 0.457. The molecule has 0 saturated heterocycles. The number of aryl methyl sites for hydroxylation is 2. The summed E-state index contributed by atoms with van der Waals surface area (Å²) in [7, 11) is 3.16. The molecule has 3 aromatic rings. The van der Waals surface area contributed by atoms with E-state index in [1.165, 1.54) is 29.1 Å². The Morgan fingerprint density at radius 3 is 2.52 bits per heavy atom. The summed E-state index contributed by atoms with van der Waals surface area (Å²) in [6.45, 7) is 3.63. The normalized spacial score (nSPS) is 12.3. The Kier molecular flexibility index (Phi) is 5.89. The number of benzene rings is 2. The molecular weight excluding hydrogens is 388 g/mol. The fraction of sp³-hybridized carbons (Fsp3) is 0.182. The van der Waals surface area contributed by atoms with Gasteiger partial charge in [-0.1, -0.05) is 12.1 Å². The van der Waals surface area contributed by atoms with Crippen molar-refractivity contribution >= 4 is 35.1 Å². The Bertz CT molecular complexity index is 1230. The highest BCUT2D eigenvalue weighted by molar-refractivity contribution is 7.07. The minimum Gasteiger partial charge on any atom is -0.507 e. The standard InChI is InChI=1S/C22H22N2O4S/c1-13-9-15(10-14(2)21(13)26)11-18-22(27)24(3)20(29-18)12-19(25)23-16-7-5-6-8-17(16)28-4/h5-12,26H,1-4H3,(H,23,25)/b18-11+,20-12+. The molecule has 2 aromatic carbocycles. The van der Waals surface area contributed by atoms with E-state index >= 15 is 0 Å². The van der Waals surface area contributed by atoms with Crippen LogP contribution in [0.5, 0.6) is 11.5 Å². The van der Waals surface area contributed by atoms with Crippen molar-refractivity contribution < 1.29 is 14.6 Å². The first-order valence-electron chi connectivity index (χ1n) is 8.93. The van der Waals surface area contributed by atoms with E-state index in [-0.39, 0.29) is 17.2 Å². The number of carbonyl (C=O) groups is 1. The molecule has 0 fully saturated rings. The number of phenols is 1. The van der Waals surface area contributed by atoms with Gasteiger partial charge in [0.05, 0.1) is 17.3 Å². The molecule has 0 saturated carbocycles. The number of hydrogen-bond donors (Lipinski definition) is 2. The molecule has 0 radical (unpaired) electrons. The SMILES string of the molecule is COc1ccccc1NC(=O)/C=c1/s/c(=C/c2cc(C)c(O)c(C)c2)c(=O)n1C. The van der Waals surface area contributed by atoms with E-state index in [1.807, 2.05) is 32.0 Å². The quantitative estimate of drug-likeness (QED) is 0.690. The Hall–Kier alpha value is -3.32. The van der Waals surface area contributed by atoms with Crippen LogP contribution in [0.3, 0.4) is 0 Å². The minimum atomic E-state index is -0.353. The summed E-state index contributed by atoms with van der Waals surface area (Å²) >= 11 is 1.23. The number of ether oxygens (including phenoxy) is 1. The molecule has 0 aliphatic heterocycles. The summed E-state index contributed by atoms with van der Waals surface area (Å²) in [4.78, 5) is 25.0. The number of nitrogens with zero attached hydrogens (tertiary/aromatic N) is 1. The number of amides is 1. The van der Waals surface area contributed by atoms with Gasteiger partial charge in [0, 0.05) is 13.1 Å². The number of para-hydroxylation sites is 2. The second-order valence-corrected chi connectivity index (χ2v) is 7.71. The maximum Gasteiger partial charge on any atom is 0.268 e. The van der Waals surface area contributed by atoms with Crippen LogP contribution in [0.4, 0.5) is 5.69 Å². The topological polar surface area (TPSA) is 80.6 Å². The molecule has 150 valence electrons. The molecule has 29 heavy (non-hydrogen) atoms. The van der Waals surface area contributed by atoms with Gasteiger partial charge in [-0.15, -0.1) is 11.3 Å². The first-order valence-corrected chi connectivity index (χ1v) is 9.75. The van der Waals surface area contributed by atoms with Gasteiger partial charge < -0.3 is 19.7 Å². The number of aromatic nitrogens is 1. The van der Waals surface area contributed by atoms with Crippen LogP contribution >= 0.6 is 11.3 Å². The molecule has 0 atom stereocenters. The number of hydrogen-bond acceptors (Lipinski definition) is 5. The highest BCUT2D eigenvalue weighted by Crippen LogP contribution is 2.23. The molecule has 0 aliphatic carbocycles. The van der Waals surface area contributed by atoms with Gasteiger partial charge in [-0.05, 0) is 60.9 Å². The highest BCUT2D eigenvalue weighted by Gasteiger charge is 2.07. The van der Waals surface area contributed by atoms with Crippen LogP contribution in [-0.4, -0.2) is 22.7 Å². The number of anilines is 1. The fourth-order valence-corrected chi connectivity index (χ4v) is 3.99. The molecule has 3 rings (SSSR count). The molecule has 1 amide bonds. The van der Waals surface area contributed by atoms with Crippen LogP contribution in [0.1, 0.15) is 16.7 Å². The number of phenolic OH excluding ortho intramolecular Hbond substituents is 1. The molecule has 0 unspecified atom stereocenters. The first kappa shape index (κ1) is 20.4. The van der Waals surface area contributed by atoms with Crippen LogP contribution in [-0.2, 0) is 11.8 Å². The minimum absolute atomic E-state index is 0.185.